The van der Waals surface area contributed by atoms with Gasteiger partial charge < -0.3 is 25.5 Å². The monoisotopic (exact) mass is 577 g/mol. The van der Waals surface area contributed by atoms with Crippen LogP contribution in [0.4, 0.5) is 10.5 Å². The molecular formula is C22H36IN3O5Si. The molecule has 0 saturated heterocycles. The van der Waals surface area contributed by atoms with Crippen molar-refractivity contribution in [3.8, 4) is 0 Å². The highest BCUT2D eigenvalue weighted by molar-refractivity contribution is 14.1. The third-order valence-corrected chi connectivity index (χ3v) is 11.1. The van der Waals surface area contributed by atoms with Crippen molar-refractivity contribution in [1.82, 2.24) is 5.32 Å². The molecule has 8 nitrogen and oxygen atoms in total. The van der Waals surface area contributed by atoms with Gasteiger partial charge in [0.2, 0.25) is 5.91 Å². The lowest BCUT2D eigenvalue weighted by Gasteiger charge is -2.36. The van der Waals surface area contributed by atoms with Crippen LogP contribution in [-0.4, -0.2) is 38.4 Å². The maximum atomic E-state index is 12.5. The summed E-state index contributed by atoms with van der Waals surface area (Å²) in [6.45, 7) is 16.5. The second-order valence-corrected chi connectivity index (χ2v) is 15.6. The molecule has 0 heterocycles. The van der Waals surface area contributed by atoms with E-state index in [1.54, 1.807) is 20.8 Å². The molecule has 0 spiro atoms. The molecule has 1 aromatic rings. The third-order valence-electron chi connectivity index (χ3n) is 5.57. The summed E-state index contributed by atoms with van der Waals surface area (Å²) in [6, 6.07) is 4.78. The Labute approximate surface area is 205 Å². The van der Waals surface area contributed by atoms with Gasteiger partial charge >= 0.3 is 6.09 Å². The highest BCUT2D eigenvalue weighted by Gasteiger charge is 2.37. The predicted octanol–water partition coefficient (Wildman–Crippen LogP) is 4.38. The van der Waals surface area contributed by atoms with Crippen LogP contribution in [0.1, 0.15) is 47.1 Å². The lowest BCUT2D eigenvalue weighted by atomic mass is 10.1. The first-order valence-electron chi connectivity index (χ1n) is 10.5. The number of amides is 3. The number of nitrogens with two attached hydrogens (primary N) is 1. The first-order valence-corrected chi connectivity index (χ1v) is 14.5. The fraction of sp³-hybridized carbons (Fsp3) is 0.591. The van der Waals surface area contributed by atoms with Gasteiger partial charge in [0.05, 0.1) is 6.61 Å². The number of carbonyl (C=O) groups is 3. The normalized spacial score (nSPS) is 13.9. The SMILES string of the molecule is CC(C)[C@H](OC(N)=O)C(=O)N[C@@H](C)C(=O)Nc1ccc(CO[Si](C)(C)C(C)(C)C)c(I)c1. The van der Waals surface area contributed by atoms with Crippen LogP contribution in [-0.2, 0) is 25.4 Å². The summed E-state index contributed by atoms with van der Waals surface area (Å²) in [4.78, 5) is 35.9. The lowest BCUT2D eigenvalue weighted by Crippen LogP contribution is -2.49. The van der Waals surface area contributed by atoms with Crippen molar-refractivity contribution >= 4 is 54.5 Å². The van der Waals surface area contributed by atoms with Crippen LogP contribution in [0, 0.1) is 9.49 Å². The number of ether oxygens (including phenoxy) is 1. The third kappa shape index (κ3) is 8.36. The van der Waals surface area contributed by atoms with Gasteiger partial charge in [0.15, 0.2) is 14.4 Å². The van der Waals surface area contributed by atoms with Crippen LogP contribution in [0.2, 0.25) is 18.1 Å². The molecular weight excluding hydrogens is 541 g/mol. The Hall–Kier alpha value is -1.66. The van der Waals surface area contributed by atoms with Crippen LogP contribution in [0.3, 0.4) is 0 Å². The van der Waals surface area contributed by atoms with E-state index in [1.807, 2.05) is 18.2 Å². The van der Waals surface area contributed by atoms with Gasteiger partial charge in [0.25, 0.3) is 5.91 Å². The molecule has 0 unspecified atom stereocenters. The van der Waals surface area contributed by atoms with Gasteiger partial charge in [0, 0.05) is 9.26 Å². The van der Waals surface area contributed by atoms with Crippen LogP contribution in [0.15, 0.2) is 18.2 Å². The molecule has 0 aromatic heterocycles. The molecule has 3 amide bonds. The number of rotatable bonds is 9. The molecule has 0 aliphatic carbocycles. The van der Waals surface area contributed by atoms with Crippen molar-refractivity contribution in [2.24, 2.45) is 11.7 Å². The molecule has 10 heteroatoms. The van der Waals surface area contributed by atoms with Crippen molar-refractivity contribution in [1.29, 1.82) is 0 Å². The van der Waals surface area contributed by atoms with Gasteiger partial charge in [-0.05, 0) is 71.3 Å². The minimum Gasteiger partial charge on any atom is -0.436 e. The fourth-order valence-corrected chi connectivity index (χ4v) is 4.07. The van der Waals surface area contributed by atoms with E-state index in [2.05, 4.69) is 67.1 Å². The lowest BCUT2D eigenvalue weighted by molar-refractivity contribution is -0.134. The van der Waals surface area contributed by atoms with E-state index in [1.165, 1.54) is 0 Å². The Morgan fingerprint density at radius 2 is 1.72 bits per heavy atom. The molecule has 0 fully saturated rings. The highest BCUT2D eigenvalue weighted by atomic mass is 127. The van der Waals surface area contributed by atoms with Gasteiger partial charge in [-0.15, -0.1) is 0 Å². The summed E-state index contributed by atoms with van der Waals surface area (Å²) in [7, 11) is -1.86. The van der Waals surface area contributed by atoms with E-state index in [0.717, 1.165) is 9.13 Å². The number of anilines is 1. The van der Waals surface area contributed by atoms with Crippen LogP contribution >= 0.6 is 22.6 Å². The van der Waals surface area contributed by atoms with E-state index in [9.17, 15) is 14.4 Å². The topological polar surface area (TPSA) is 120 Å². The molecule has 0 aliphatic rings. The summed E-state index contributed by atoms with van der Waals surface area (Å²) in [5.74, 6) is -1.25. The van der Waals surface area contributed by atoms with Crippen molar-refractivity contribution in [2.75, 3.05) is 5.32 Å². The molecule has 0 bridgehead atoms. The zero-order chi connectivity index (χ0) is 24.9. The Morgan fingerprint density at radius 1 is 1.12 bits per heavy atom. The first-order chi connectivity index (χ1) is 14.5. The molecule has 0 aliphatic heterocycles. The summed E-state index contributed by atoms with van der Waals surface area (Å²) in [6.07, 6.45) is -2.10. The molecule has 2 atom stereocenters. The molecule has 1 rings (SSSR count). The number of halogens is 1. The molecule has 1 aromatic carbocycles. The van der Waals surface area contributed by atoms with Gasteiger partial charge in [-0.25, -0.2) is 4.79 Å². The van der Waals surface area contributed by atoms with Gasteiger partial charge in [0.1, 0.15) is 6.04 Å². The molecule has 0 saturated carbocycles. The number of hydrogen-bond donors (Lipinski definition) is 3. The Morgan fingerprint density at radius 3 is 2.19 bits per heavy atom. The van der Waals surface area contributed by atoms with Crippen molar-refractivity contribution in [3.05, 3.63) is 27.3 Å². The summed E-state index contributed by atoms with van der Waals surface area (Å²) in [5, 5.41) is 5.49. The van der Waals surface area contributed by atoms with E-state index < -0.39 is 32.5 Å². The van der Waals surface area contributed by atoms with E-state index in [4.69, 9.17) is 14.9 Å². The Bertz CT molecular complexity index is 839. The van der Waals surface area contributed by atoms with E-state index in [-0.39, 0.29) is 16.9 Å². The summed E-state index contributed by atoms with van der Waals surface area (Å²) < 4.78 is 12.1. The number of carbonyl (C=O) groups excluding carboxylic acids is 3. The van der Waals surface area contributed by atoms with E-state index >= 15 is 0 Å². The minimum absolute atomic E-state index is 0.129. The average molecular weight is 578 g/mol. The maximum absolute atomic E-state index is 12.5. The molecule has 0 radical (unpaired) electrons. The van der Waals surface area contributed by atoms with Crippen molar-refractivity contribution < 1.29 is 23.5 Å². The van der Waals surface area contributed by atoms with Crippen molar-refractivity contribution in [2.45, 2.75) is 78.4 Å². The van der Waals surface area contributed by atoms with Crippen molar-refractivity contribution in [3.63, 3.8) is 0 Å². The summed E-state index contributed by atoms with van der Waals surface area (Å²) in [5.41, 5.74) is 6.70. The molecule has 4 N–H and O–H groups in total. The van der Waals surface area contributed by atoms with Crippen LogP contribution < -0.4 is 16.4 Å². The Kier molecular flexibility index (Phi) is 10.2. The first kappa shape index (κ1) is 28.4. The predicted molar refractivity (Wildman–Crippen MR) is 137 cm³/mol. The van der Waals surface area contributed by atoms with Crippen LogP contribution in [0.5, 0.6) is 0 Å². The summed E-state index contributed by atoms with van der Waals surface area (Å²) >= 11 is 2.22. The average Bonchev–Trinajstić information content (AvgIpc) is 2.63. The largest absolute Gasteiger partial charge is 0.436 e. The fourth-order valence-electron chi connectivity index (χ4n) is 2.45. The molecule has 180 valence electrons. The van der Waals surface area contributed by atoms with Gasteiger partial charge in [-0.3, -0.25) is 9.59 Å². The minimum atomic E-state index is -1.86. The highest BCUT2D eigenvalue weighted by Crippen LogP contribution is 2.37. The van der Waals surface area contributed by atoms with Gasteiger partial charge in [-0.1, -0.05) is 40.7 Å². The number of nitrogens with one attached hydrogen (secondary N) is 2. The number of benzene rings is 1. The smallest absolute Gasteiger partial charge is 0.405 e. The second kappa shape index (κ2) is 11.5. The maximum Gasteiger partial charge on any atom is 0.405 e. The Balaban J connectivity index is 2.76. The zero-order valence-corrected chi connectivity index (χ0v) is 23.3. The van der Waals surface area contributed by atoms with Crippen LogP contribution in [0.25, 0.3) is 0 Å². The number of hydrogen-bond acceptors (Lipinski definition) is 5. The number of primary amides is 1. The second-order valence-electron chi connectivity index (χ2n) is 9.68. The molecule has 32 heavy (non-hydrogen) atoms. The van der Waals surface area contributed by atoms with E-state index in [0.29, 0.717) is 12.3 Å². The van der Waals surface area contributed by atoms with Gasteiger partial charge in [-0.2, -0.15) is 0 Å². The quantitative estimate of drug-likeness (QED) is 0.297. The zero-order valence-electron chi connectivity index (χ0n) is 20.2. The standard InChI is InChI=1S/C22H36IN3O5Si/c1-13(2)18(31-21(24)29)20(28)25-14(3)19(27)26-16-10-9-15(17(23)11-16)12-30-32(7,8)22(4,5)6/h9-11,13-14,18H,12H2,1-8H3,(H2,24,29)(H,25,28)(H,26,27)/t14-,18-/m0/s1.